The summed E-state index contributed by atoms with van der Waals surface area (Å²) in [6.07, 6.45) is 3.02. The van der Waals surface area contributed by atoms with Gasteiger partial charge in [-0.1, -0.05) is 24.1 Å². The van der Waals surface area contributed by atoms with Crippen molar-refractivity contribution in [2.75, 3.05) is 26.8 Å². The average molecular weight is 301 g/mol. The molecule has 0 aromatic heterocycles. The molecule has 2 unspecified atom stereocenters. The molecule has 1 aliphatic heterocycles. The summed E-state index contributed by atoms with van der Waals surface area (Å²) in [5, 5.41) is 0.453. The number of benzene rings is 1. The van der Waals surface area contributed by atoms with Gasteiger partial charge in [-0.2, -0.15) is 0 Å². The molecule has 0 aliphatic carbocycles. The predicted octanol–water partition coefficient (Wildman–Crippen LogP) is 2.98. The second kappa shape index (κ2) is 7.36. The molecule has 2 N–H and O–H groups in total. The van der Waals surface area contributed by atoms with Crippen LogP contribution in [0.15, 0.2) is 18.2 Å². The van der Waals surface area contributed by atoms with E-state index in [9.17, 15) is 4.39 Å². The van der Waals surface area contributed by atoms with Crippen LogP contribution in [0.2, 0.25) is 5.02 Å². The summed E-state index contributed by atoms with van der Waals surface area (Å²) in [5.74, 6) is -0.276. The smallest absolute Gasteiger partial charge is 0.129 e. The summed E-state index contributed by atoms with van der Waals surface area (Å²) < 4.78 is 19.4. The molecule has 112 valence electrons. The van der Waals surface area contributed by atoms with E-state index in [1.807, 2.05) is 0 Å². The maximum Gasteiger partial charge on any atom is 0.129 e. The van der Waals surface area contributed by atoms with Gasteiger partial charge >= 0.3 is 0 Å². The molecule has 1 aromatic rings. The minimum Gasteiger partial charge on any atom is -0.383 e. The molecule has 3 nitrogen and oxygen atoms in total. The van der Waals surface area contributed by atoms with Crippen molar-refractivity contribution in [3.05, 3.63) is 34.6 Å². The zero-order valence-electron chi connectivity index (χ0n) is 11.8. The lowest BCUT2D eigenvalue weighted by Gasteiger charge is -2.34. The zero-order chi connectivity index (χ0) is 14.5. The molecule has 0 spiro atoms. The molecule has 0 saturated carbocycles. The number of nitrogens with two attached hydrogens (primary N) is 1. The van der Waals surface area contributed by atoms with E-state index in [4.69, 9.17) is 22.1 Å². The number of nitrogens with zero attached hydrogens (tertiary/aromatic N) is 1. The highest BCUT2D eigenvalue weighted by Gasteiger charge is 2.32. The molecule has 0 amide bonds. The number of methoxy groups -OCH3 is 1. The lowest BCUT2D eigenvalue weighted by molar-refractivity contribution is 0.113. The Morgan fingerprint density at radius 2 is 2.25 bits per heavy atom. The van der Waals surface area contributed by atoms with Gasteiger partial charge in [0.15, 0.2) is 0 Å². The van der Waals surface area contributed by atoms with E-state index < -0.39 is 0 Å². The molecular formula is C15H22ClFN2O. The van der Waals surface area contributed by atoms with Gasteiger partial charge in [-0.05, 0) is 31.5 Å². The first kappa shape index (κ1) is 15.7. The third kappa shape index (κ3) is 3.50. The van der Waals surface area contributed by atoms with E-state index in [-0.39, 0.29) is 17.9 Å². The average Bonchev–Trinajstić information content (AvgIpc) is 2.59. The Labute approximate surface area is 124 Å². The van der Waals surface area contributed by atoms with Gasteiger partial charge in [0.25, 0.3) is 0 Å². The minimum absolute atomic E-state index is 0.108. The fourth-order valence-corrected chi connectivity index (χ4v) is 3.19. The van der Waals surface area contributed by atoms with Gasteiger partial charge in [-0.15, -0.1) is 0 Å². The van der Waals surface area contributed by atoms with Gasteiger partial charge in [-0.25, -0.2) is 4.39 Å². The number of halogens is 2. The van der Waals surface area contributed by atoms with E-state index in [1.165, 1.54) is 6.07 Å². The van der Waals surface area contributed by atoms with Crippen molar-refractivity contribution in [3.8, 4) is 0 Å². The Kier molecular flexibility index (Phi) is 5.78. The van der Waals surface area contributed by atoms with Crippen LogP contribution in [0.25, 0.3) is 0 Å². The third-order valence-corrected chi connectivity index (χ3v) is 4.24. The molecule has 2 atom stereocenters. The van der Waals surface area contributed by atoms with Crippen LogP contribution in [0.1, 0.15) is 30.9 Å². The van der Waals surface area contributed by atoms with E-state index in [0.717, 1.165) is 32.4 Å². The van der Waals surface area contributed by atoms with E-state index in [0.29, 0.717) is 17.2 Å². The number of hydrogen-bond acceptors (Lipinski definition) is 3. The van der Waals surface area contributed by atoms with Crippen molar-refractivity contribution in [2.45, 2.75) is 31.3 Å². The number of hydrogen-bond donors (Lipinski definition) is 1. The number of ether oxygens (including phenoxy) is 1. The van der Waals surface area contributed by atoms with Crippen LogP contribution in [-0.4, -0.2) is 37.7 Å². The molecule has 5 heteroatoms. The Balaban J connectivity index is 2.35. The van der Waals surface area contributed by atoms with Gasteiger partial charge in [-0.3, -0.25) is 4.90 Å². The summed E-state index contributed by atoms with van der Waals surface area (Å²) in [6, 6.07) is 4.52. The van der Waals surface area contributed by atoms with Crippen molar-refractivity contribution in [1.29, 1.82) is 0 Å². The van der Waals surface area contributed by atoms with E-state index in [2.05, 4.69) is 4.90 Å². The summed E-state index contributed by atoms with van der Waals surface area (Å²) in [6.45, 7) is 2.24. The summed E-state index contributed by atoms with van der Waals surface area (Å²) in [5.41, 5.74) is 6.83. The standard InChI is InChI=1S/C15H22ClFN2O/c1-20-10-9-19-8-3-2-7-13(18)15(19)14-11(16)5-4-6-12(14)17/h4-6,13,15H,2-3,7-10,18H2,1H3. The van der Waals surface area contributed by atoms with Gasteiger partial charge in [0.05, 0.1) is 12.6 Å². The number of rotatable bonds is 4. The lowest BCUT2D eigenvalue weighted by atomic mass is 9.95. The van der Waals surface area contributed by atoms with Crippen molar-refractivity contribution in [2.24, 2.45) is 5.73 Å². The fraction of sp³-hybridized carbons (Fsp3) is 0.600. The highest BCUT2D eigenvalue weighted by molar-refractivity contribution is 6.31. The van der Waals surface area contributed by atoms with Crippen LogP contribution in [0.3, 0.4) is 0 Å². The first-order valence-electron chi connectivity index (χ1n) is 7.07. The lowest BCUT2D eigenvalue weighted by Crippen LogP contribution is -2.41. The topological polar surface area (TPSA) is 38.5 Å². The molecule has 1 fully saturated rings. The molecular weight excluding hydrogens is 279 g/mol. The largest absolute Gasteiger partial charge is 0.383 e. The second-order valence-electron chi connectivity index (χ2n) is 5.27. The molecule has 2 rings (SSSR count). The highest BCUT2D eigenvalue weighted by atomic mass is 35.5. The third-order valence-electron chi connectivity index (χ3n) is 3.91. The molecule has 1 saturated heterocycles. The Bertz CT molecular complexity index is 424. The van der Waals surface area contributed by atoms with Crippen molar-refractivity contribution >= 4 is 11.6 Å². The Morgan fingerprint density at radius 1 is 1.45 bits per heavy atom. The fourth-order valence-electron chi connectivity index (χ4n) is 2.91. The van der Waals surface area contributed by atoms with Crippen LogP contribution in [0.5, 0.6) is 0 Å². The maximum absolute atomic E-state index is 14.2. The Morgan fingerprint density at radius 3 is 2.95 bits per heavy atom. The van der Waals surface area contributed by atoms with Gasteiger partial charge in [0.1, 0.15) is 5.82 Å². The first-order chi connectivity index (χ1) is 9.65. The van der Waals surface area contributed by atoms with Crippen molar-refractivity contribution in [1.82, 2.24) is 4.90 Å². The normalized spacial score (nSPS) is 24.6. The molecule has 0 radical (unpaired) electrons. The monoisotopic (exact) mass is 300 g/mol. The quantitative estimate of drug-likeness (QED) is 0.929. The number of likely N-dealkylation sites (tertiary alicyclic amines) is 1. The SMILES string of the molecule is COCCN1CCCCC(N)C1c1c(F)cccc1Cl. The van der Waals surface area contributed by atoms with Gasteiger partial charge in [0.2, 0.25) is 0 Å². The summed E-state index contributed by atoms with van der Waals surface area (Å²) >= 11 is 6.23. The van der Waals surface area contributed by atoms with Crippen molar-refractivity contribution in [3.63, 3.8) is 0 Å². The van der Waals surface area contributed by atoms with Crippen molar-refractivity contribution < 1.29 is 9.13 Å². The highest BCUT2D eigenvalue weighted by Crippen LogP contribution is 2.35. The predicted molar refractivity (Wildman–Crippen MR) is 79.4 cm³/mol. The molecule has 1 aliphatic rings. The molecule has 20 heavy (non-hydrogen) atoms. The summed E-state index contributed by atoms with van der Waals surface area (Å²) in [4.78, 5) is 2.20. The minimum atomic E-state index is -0.276. The van der Waals surface area contributed by atoms with Gasteiger partial charge < -0.3 is 10.5 Å². The summed E-state index contributed by atoms with van der Waals surface area (Å²) in [7, 11) is 1.67. The second-order valence-corrected chi connectivity index (χ2v) is 5.68. The van der Waals surface area contributed by atoms with Crippen LogP contribution >= 0.6 is 11.6 Å². The van der Waals surface area contributed by atoms with Crippen LogP contribution in [0.4, 0.5) is 4.39 Å². The van der Waals surface area contributed by atoms with Crippen LogP contribution in [-0.2, 0) is 4.74 Å². The molecule has 1 aromatic carbocycles. The van der Waals surface area contributed by atoms with E-state index in [1.54, 1.807) is 19.2 Å². The van der Waals surface area contributed by atoms with Crippen LogP contribution < -0.4 is 5.73 Å². The first-order valence-corrected chi connectivity index (χ1v) is 7.45. The maximum atomic E-state index is 14.2. The molecule has 1 heterocycles. The van der Waals surface area contributed by atoms with Crippen LogP contribution in [0, 0.1) is 5.82 Å². The Hall–Kier alpha value is -0.680. The van der Waals surface area contributed by atoms with E-state index >= 15 is 0 Å². The zero-order valence-corrected chi connectivity index (χ0v) is 12.6. The van der Waals surface area contributed by atoms with Gasteiger partial charge in [0, 0.05) is 30.3 Å². The molecule has 0 bridgehead atoms.